The summed E-state index contributed by atoms with van der Waals surface area (Å²) < 4.78 is 18.6. The van der Waals surface area contributed by atoms with Crippen LogP contribution in [0.3, 0.4) is 0 Å². The Balaban J connectivity index is 1.54. The lowest BCUT2D eigenvalue weighted by molar-refractivity contribution is -0.671. The van der Waals surface area contributed by atoms with Crippen molar-refractivity contribution >= 4 is 18.1 Å². The number of nitrogens with zero attached hydrogens (tertiary/aromatic N) is 1. The highest BCUT2D eigenvalue weighted by Crippen LogP contribution is 2.27. The minimum atomic E-state index is -0.439. The van der Waals surface area contributed by atoms with E-state index in [0.29, 0.717) is 12.2 Å². The Hall–Kier alpha value is -2.76. The van der Waals surface area contributed by atoms with Crippen molar-refractivity contribution < 1.29 is 23.6 Å². The Bertz CT molecular complexity index is 824. The van der Waals surface area contributed by atoms with Gasteiger partial charge in [-0.05, 0) is 18.1 Å². The molecule has 1 aliphatic rings. The van der Waals surface area contributed by atoms with Crippen molar-refractivity contribution in [3.63, 3.8) is 0 Å². The number of ether oxygens (including phenoxy) is 3. The van der Waals surface area contributed by atoms with Gasteiger partial charge in [0.2, 0.25) is 0 Å². The van der Waals surface area contributed by atoms with Crippen molar-refractivity contribution in [3.8, 4) is 0 Å². The minimum absolute atomic E-state index is 0.165. The molecule has 0 saturated carbocycles. The Kier molecular flexibility index (Phi) is 6.16. The first-order chi connectivity index (χ1) is 13.0. The molecular formula is C22H24NO4+. The fraction of sp³-hybridized carbons (Fsp3) is 0.273. The highest BCUT2D eigenvalue weighted by atomic mass is 16.7. The normalized spacial score (nSPS) is 19.3. The molecule has 0 bridgehead atoms. The summed E-state index contributed by atoms with van der Waals surface area (Å²) in [7, 11) is 1.99. The van der Waals surface area contributed by atoms with E-state index in [1.54, 1.807) is 6.92 Å². The van der Waals surface area contributed by atoms with Crippen molar-refractivity contribution in [3.05, 3.63) is 77.6 Å². The van der Waals surface area contributed by atoms with Crippen LogP contribution in [0.15, 0.2) is 60.9 Å². The highest BCUT2D eigenvalue weighted by molar-refractivity contribution is 5.86. The van der Waals surface area contributed by atoms with E-state index < -0.39 is 12.3 Å². The number of carbonyl (C=O) groups is 1. The molecule has 1 fully saturated rings. The number of aryl methyl sites for hydroxylation is 1. The van der Waals surface area contributed by atoms with E-state index in [1.165, 1.54) is 0 Å². The maximum Gasteiger partial charge on any atom is 0.333 e. The molecule has 0 aliphatic carbocycles. The molecule has 0 spiro atoms. The van der Waals surface area contributed by atoms with Crippen molar-refractivity contribution in [1.29, 1.82) is 0 Å². The van der Waals surface area contributed by atoms with E-state index in [2.05, 4.69) is 30.9 Å². The van der Waals surface area contributed by atoms with Crippen molar-refractivity contribution in [1.82, 2.24) is 0 Å². The molecule has 0 amide bonds. The predicted octanol–water partition coefficient (Wildman–Crippen LogP) is 3.21. The van der Waals surface area contributed by atoms with Crippen molar-refractivity contribution in [2.45, 2.75) is 19.3 Å². The molecule has 2 atom stereocenters. The van der Waals surface area contributed by atoms with Crippen LogP contribution in [0, 0.1) is 0 Å². The first kappa shape index (κ1) is 19.0. The Morgan fingerprint density at radius 1 is 1.19 bits per heavy atom. The summed E-state index contributed by atoms with van der Waals surface area (Å²) in [6.45, 7) is 5.73. The van der Waals surface area contributed by atoms with Gasteiger partial charge in [0.25, 0.3) is 0 Å². The summed E-state index contributed by atoms with van der Waals surface area (Å²) in [4.78, 5) is 11.4. The molecule has 2 aromatic rings. The van der Waals surface area contributed by atoms with E-state index in [0.717, 1.165) is 16.7 Å². The zero-order chi connectivity index (χ0) is 19.2. The third-order valence-corrected chi connectivity index (χ3v) is 4.18. The topological polar surface area (TPSA) is 48.6 Å². The van der Waals surface area contributed by atoms with Crippen LogP contribution < -0.4 is 4.57 Å². The van der Waals surface area contributed by atoms with Crippen molar-refractivity contribution in [2.24, 2.45) is 7.05 Å². The van der Waals surface area contributed by atoms with Crippen LogP contribution >= 0.6 is 0 Å². The molecule has 2 heterocycles. The van der Waals surface area contributed by atoms with Crippen LogP contribution in [0.4, 0.5) is 0 Å². The molecule has 0 N–H and O–H groups in total. The molecule has 0 radical (unpaired) electrons. The number of carbonyl (C=O) groups excluding carboxylic acids is 1. The number of esters is 1. The Morgan fingerprint density at radius 2 is 1.81 bits per heavy atom. The summed E-state index contributed by atoms with van der Waals surface area (Å²) in [5.74, 6) is -0.412. The van der Waals surface area contributed by atoms with Crippen LogP contribution in [-0.2, 0) is 26.1 Å². The molecule has 1 aliphatic heterocycles. The van der Waals surface area contributed by atoms with Gasteiger partial charge in [-0.2, -0.15) is 0 Å². The van der Waals surface area contributed by atoms with Gasteiger partial charge in [-0.1, -0.05) is 43.0 Å². The molecule has 5 heteroatoms. The number of pyridine rings is 1. The van der Waals surface area contributed by atoms with Crippen LogP contribution in [0.1, 0.15) is 29.9 Å². The first-order valence-electron chi connectivity index (χ1n) is 8.84. The fourth-order valence-electron chi connectivity index (χ4n) is 2.58. The molecule has 3 rings (SSSR count). The van der Waals surface area contributed by atoms with Gasteiger partial charge in [0, 0.05) is 23.3 Å². The van der Waals surface area contributed by atoms with Crippen molar-refractivity contribution in [2.75, 3.05) is 13.2 Å². The SMILES string of the molecule is C=C(C)C(=O)OCC1COC(c2ccc(C=Cc3cc[n+](C)cc3)cc2)O1. The van der Waals surface area contributed by atoms with E-state index in [4.69, 9.17) is 14.2 Å². The number of aromatic nitrogens is 1. The number of hydrogen-bond donors (Lipinski definition) is 0. The average Bonchev–Trinajstić information content (AvgIpc) is 3.15. The lowest BCUT2D eigenvalue weighted by Crippen LogP contribution is -2.25. The summed E-state index contributed by atoms with van der Waals surface area (Å²) in [5.41, 5.74) is 3.55. The monoisotopic (exact) mass is 366 g/mol. The lowest BCUT2D eigenvalue weighted by Gasteiger charge is -2.12. The van der Waals surface area contributed by atoms with Gasteiger partial charge >= 0.3 is 5.97 Å². The van der Waals surface area contributed by atoms with Gasteiger partial charge in [0.15, 0.2) is 18.7 Å². The second-order valence-electron chi connectivity index (χ2n) is 6.60. The third kappa shape index (κ3) is 5.36. The van der Waals surface area contributed by atoms with Gasteiger partial charge in [0.05, 0.1) is 6.61 Å². The molecule has 27 heavy (non-hydrogen) atoms. The number of rotatable bonds is 6. The molecule has 140 valence electrons. The lowest BCUT2D eigenvalue weighted by atomic mass is 10.1. The van der Waals surface area contributed by atoms with Crippen LogP contribution in [0.2, 0.25) is 0 Å². The average molecular weight is 366 g/mol. The van der Waals surface area contributed by atoms with Crippen LogP contribution in [0.5, 0.6) is 0 Å². The van der Waals surface area contributed by atoms with Crippen LogP contribution in [0.25, 0.3) is 12.2 Å². The Morgan fingerprint density at radius 3 is 2.44 bits per heavy atom. The zero-order valence-electron chi connectivity index (χ0n) is 15.6. The van der Waals surface area contributed by atoms with Gasteiger partial charge in [-0.15, -0.1) is 0 Å². The molecular weight excluding hydrogens is 342 g/mol. The summed E-state index contributed by atoms with van der Waals surface area (Å²) in [5, 5.41) is 0. The van der Waals surface area contributed by atoms with E-state index >= 15 is 0 Å². The molecule has 2 unspecified atom stereocenters. The first-order valence-corrected chi connectivity index (χ1v) is 8.84. The smallest absolute Gasteiger partial charge is 0.333 e. The Labute approximate surface area is 159 Å². The van der Waals surface area contributed by atoms with Gasteiger partial charge in [0.1, 0.15) is 19.8 Å². The van der Waals surface area contributed by atoms with E-state index in [-0.39, 0.29) is 12.7 Å². The van der Waals surface area contributed by atoms with Crippen LogP contribution in [-0.4, -0.2) is 25.3 Å². The number of hydrogen-bond acceptors (Lipinski definition) is 4. The molecule has 5 nitrogen and oxygen atoms in total. The quantitative estimate of drug-likeness (QED) is 0.447. The number of benzene rings is 1. The molecule has 1 aromatic heterocycles. The highest BCUT2D eigenvalue weighted by Gasteiger charge is 2.28. The molecule has 1 aromatic carbocycles. The molecule has 1 saturated heterocycles. The van der Waals surface area contributed by atoms with Gasteiger partial charge < -0.3 is 14.2 Å². The summed E-state index contributed by atoms with van der Waals surface area (Å²) >= 11 is 0. The maximum absolute atomic E-state index is 11.4. The van der Waals surface area contributed by atoms with Gasteiger partial charge in [-0.25, -0.2) is 9.36 Å². The standard InChI is InChI=1S/C22H24NO4/c1-16(2)21(24)25-14-20-15-26-22(27-20)19-8-6-17(7-9-19)4-5-18-10-12-23(3)13-11-18/h4-13,20,22H,1,14-15H2,2-3H3/q+1. The third-order valence-electron chi connectivity index (χ3n) is 4.18. The largest absolute Gasteiger partial charge is 0.459 e. The fourth-order valence-corrected chi connectivity index (χ4v) is 2.58. The van der Waals surface area contributed by atoms with E-state index in [9.17, 15) is 4.79 Å². The summed E-state index contributed by atoms with van der Waals surface area (Å²) in [6.07, 6.45) is 7.46. The maximum atomic E-state index is 11.4. The minimum Gasteiger partial charge on any atom is -0.459 e. The predicted molar refractivity (Wildman–Crippen MR) is 102 cm³/mol. The van der Waals surface area contributed by atoms with E-state index in [1.807, 2.05) is 48.3 Å². The second-order valence-corrected chi connectivity index (χ2v) is 6.60. The second kappa shape index (κ2) is 8.75. The zero-order valence-corrected chi connectivity index (χ0v) is 15.6. The summed E-state index contributed by atoms with van der Waals surface area (Å²) in [6, 6.07) is 12.1. The van der Waals surface area contributed by atoms with Gasteiger partial charge in [-0.3, -0.25) is 0 Å².